The molecule has 0 bridgehead atoms. The number of nitrogens with zero attached hydrogens (tertiary/aromatic N) is 4. The number of rotatable bonds is 4. The molecule has 0 fully saturated rings. The van der Waals surface area contributed by atoms with E-state index in [1.807, 2.05) is 36.9 Å². The summed E-state index contributed by atoms with van der Waals surface area (Å²) in [5.41, 5.74) is 2.48. The van der Waals surface area contributed by atoms with Crippen LogP contribution in [-0.4, -0.2) is 39.4 Å². The zero-order valence-electron chi connectivity index (χ0n) is 17.0. The number of hydrogen-bond donors (Lipinski definition) is 2. The van der Waals surface area contributed by atoms with E-state index in [1.165, 1.54) is 6.07 Å². The van der Waals surface area contributed by atoms with Gasteiger partial charge in [0.05, 0.1) is 30.1 Å². The SMILES string of the molecule is CC(C)N1CCOc2c(F)cc(-c3nc(Nc4ccc5cn[nH]c5c4)ncc3F)cc21. The lowest BCUT2D eigenvalue weighted by atomic mass is 10.1. The van der Waals surface area contributed by atoms with Crippen molar-refractivity contribution in [2.24, 2.45) is 0 Å². The number of fused-ring (bicyclic) bond motifs is 2. The molecular weight excluding hydrogens is 402 g/mol. The Balaban J connectivity index is 1.53. The summed E-state index contributed by atoms with van der Waals surface area (Å²) >= 11 is 0. The van der Waals surface area contributed by atoms with Gasteiger partial charge in [0, 0.05) is 22.7 Å². The molecule has 0 aliphatic carbocycles. The zero-order chi connectivity index (χ0) is 21.5. The Morgan fingerprint density at radius 1 is 1.13 bits per heavy atom. The number of benzene rings is 2. The molecule has 158 valence electrons. The van der Waals surface area contributed by atoms with E-state index in [2.05, 4.69) is 25.5 Å². The maximum absolute atomic E-state index is 14.8. The van der Waals surface area contributed by atoms with Crippen LogP contribution in [0.4, 0.5) is 26.1 Å². The standard InChI is InChI=1S/C22H20F2N6O/c1-12(2)30-5-6-31-21-16(23)7-14(8-19(21)30)20-17(24)11-25-22(28-20)27-15-4-3-13-10-26-29-18(13)9-15/h3-4,7-12H,5-6H2,1-2H3,(H,26,29)(H,25,27,28). The van der Waals surface area contributed by atoms with Gasteiger partial charge in [-0.25, -0.2) is 18.7 Å². The van der Waals surface area contributed by atoms with E-state index in [1.54, 1.807) is 12.3 Å². The highest BCUT2D eigenvalue weighted by Crippen LogP contribution is 2.39. The maximum atomic E-state index is 14.8. The molecule has 7 nitrogen and oxygen atoms in total. The van der Waals surface area contributed by atoms with Crippen LogP contribution in [0.1, 0.15) is 13.8 Å². The molecule has 0 saturated heterocycles. The minimum atomic E-state index is -0.637. The number of hydrogen-bond acceptors (Lipinski definition) is 6. The third kappa shape index (κ3) is 3.52. The molecule has 0 atom stereocenters. The zero-order valence-corrected chi connectivity index (χ0v) is 17.0. The van der Waals surface area contributed by atoms with Gasteiger partial charge in [-0.2, -0.15) is 5.10 Å². The van der Waals surface area contributed by atoms with E-state index in [0.717, 1.165) is 17.1 Å². The number of anilines is 3. The van der Waals surface area contributed by atoms with Crippen molar-refractivity contribution in [3.05, 3.63) is 54.4 Å². The van der Waals surface area contributed by atoms with Crippen LogP contribution in [0.5, 0.6) is 5.75 Å². The van der Waals surface area contributed by atoms with Gasteiger partial charge in [-0.1, -0.05) is 0 Å². The van der Waals surface area contributed by atoms with Crippen molar-refractivity contribution in [2.75, 3.05) is 23.4 Å². The van der Waals surface area contributed by atoms with Crippen LogP contribution < -0.4 is 15.0 Å². The van der Waals surface area contributed by atoms with Gasteiger partial charge >= 0.3 is 0 Å². The molecule has 1 aliphatic rings. The second-order valence-electron chi connectivity index (χ2n) is 7.63. The highest BCUT2D eigenvalue weighted by Gasteiger charge is 2.25. The third-order valence-electron chi connectivity index (χ3n) is 5.25. The quantitative estimate of drug-likeness (QED) is 0.499. The van der Waals surface area contributed by atoms with Gasteiger partial charge in [0.2, 0.25) is 5.95 Å². The summed E-state index contributed by atoms with van der Waals surface area (Å²) in [5, 5.41) is 10.9. The molecule has 5 rings (SSSR count). The number of ether oxygens (including phenoxy) is 1. The third-order valence-corrected chi connectivity index (χ3v) is 5.25. The fourth-order valence-electron chi connectivity index (χ4n) is 3.75. The number of aromatic amines is 1. The number of halogens is 2. The minimum Gasteiger partial charge on any atom is -0.486 e. The predicted molar refractivity (Wildman–Crippen MR) is 115 cm³/mol. The second kappa shape index (κ2) is 7.50. The van der Waals surface area contributed by atoms with Crippen LogP contribution in [0, 0.1) is 11.6 Å². The first-order valence-electron chi connectivity index (χ1n) is 9.95. The molecular formula is C22H20F2N6O. The van der Waals surface area contributed by atoms with E-state index in [0.29, 0.717) is 30.1 Å². The number of aromatic nitrogens is 4. The molecule has 0 radical (unpaired) electrons. The van der Waals surface area contributed by atoms with E-state index in [9.17, 15) is 8.78 Å². The molecule has 2 aromatic carbocycles. The Kier molecular flexibility index (Phi) is 4.65. The fraction of sp³-hybridized carbons (Fsp3) is 0.227. The smallest absolute Gasteiger partial charge is 0.227 e. The summed E-state index contributed by atoms with van der Waals surface area (Å²) in [5.74, 6) is -0.799. The van der Waals surface area contributed by atoms with Crippen LogP contribution in [0.15, 0.2) is 42.7 Å². The fourth-order valence-corrected chi connectivity index (χ4v) is 3.75. The molecule has 2 aromatic heterocycles. The Bertz CT molecular complexity index is 1270. The van der Waals surface area contributed by atoms with Crippen molar-refractivity contribution in [1.82, 2.24) is 20.2 Å². The molecule has 0 spiro atoms. The first-order valence-corrected chi connectivity index (χ1v) is 9.95. The van der Waals surface area contributed by atoms with Crippen molar-refractivity contribution >= 4 is 28.2 Å². The van der Waals surface area contributed by atoms with Crippen molar-refractivity contribution in [1.29, 1.82) is 0 Å². The summed E-state index contributed by atoms with van der Waals surface area (Å²) in [6.07, 6.45) is 2.80. The molecule has 3 heterocycles. The van der Waals surface area contributed by atoms with E-state index >= 15 is 0 Å². The summed E-state index contributed by atoms with van der Waals surface area (Å²) in [7, 11) is 0. The Labute approximate surface area is 177 Å². The van der Waals surface area contributed by atoms with Crippen LogP contribution in [0.25, 0.3) is 22.2 Å². The molecule has 0 saturated carbocycles. The predicted octanol–water partition coefficient (Wildman–Crippen LogP) is 4.65. The molecule has 2 N–H and O–H groups in total. The van der Waals surface area contributed by atoms with Crippen molar-refractivity contribution < 1.29 is 13.5 Å². The van der Waals surface area contributed by atoms with Crippen LogP contribution in [0.3, 0.4) is 0 Å². The molecule has 1 aliphatic heterocycles. The van der Waals surface area contributed by atoms with Crippen molar-refractivity contribution in [3.63, 3.8) is 0 Å². The van der Waals surface area contributed by atoms with Gasteiger partial charge in [-0.05, 0) is 44.2 Å². The number of H-pyrrole nitrogens is 1. The maximum Gasteiger partial charge on any atom is 0.227 e. The van der Waals surface area contributed by atoms with E-state index in [4.69, 9.17) is 4.74 Å². The lowest BCUT2D eigenvalue weighted by Crippen LogP contribution is -2.38. The van der Waals surface area contributed by atoms with Gasteiger partial charge in [0.15, 0.2) is 17.4 Å². The van der Waals surface area contributed by atoms with Gasteiger partial charge in [-0.15, -0.1) is 0 Å². The van der Waals surface area contributed by atoms with E-state index in [-0.39, 0.29) is 23.4 Å². The highest BCUT2D eigenvalue weighted by atomic mass is 19.1. The Morgan fingerprint density at radius 2 is 2.00 bits per heavy atom. The number of nitrogens with one attached hydrogen (secondary N) is 2. The first-order chi connectivity index (χ1) is 15.0. The lowest BCUT2D eigenvalue weighted by Gasteiger charge is -2.34. The summed E-state index contributed by atoms with van der Waals surface area (Å²) < 4.78 is 35.0. The summed E-state index contributed by atoms with van der Waals surface area (Å²) in [6, 6.07) is 8.69. The normalized spacial score (nSPS) is 13.4. The summed E-state index contributed by atoms with van der Waals surface area (Å²) in [6.45, 7) is 5.06. The monoisotopic (exact) mass is 422 g/mol. The first kappa shape index (κ1) is 19.2. The van der Waals surface area contributed by atoms with Gasteiger partial charge in [0.25, 0.3) is 0 Å². The molecule has 31 heavy (non-hydrogen) atoms. The average Bonchev–Trinajstić information content (AvgIpc) is 3.22. The lowest BCUT2D eigenvalue weighted by molar-refractivity contribution is 0.287. The van der Waals surface area contributed by atoms with Gasteiger partial charge < -0.3 is 15.0 Å². The molecule has 0 unspecified atom stereocenters. The van der Waals surface area contributed by atoms with Crippen molar-refractivity contribution in [3.8, 4) is 17.0 Å². The van der Waals surface area contributed by atoms with E-state index < -0.39 is 11.6 Å². The Morgan fingerprint density at radius 3 is 2.84 bits per heavy atom. The van der Waals surface area contributed by atoms with Gasteiger partial charge in [-0.3, -0.25) is 5.10 Å². The Hall–Kier alpha value is -3.75. The second-order valence-corrected chi connectivity index (χ2v) is 7.63. The highest BCUT2D eigenvalue weighted by molar-refractivity contribution is 5.82. The largest absolute Gasteiger partial charge is 0.486 e. The average molecular weight is 422 g/mol. The molecule has 0 amide bonds. The van der Waals surface area contributed by atoms with Gasteiger partial charge in [0.1, 0.15) is 12.3 Å². The van der Waals surface area contributed by atoms with Crippen molar-refractivity contribution in [2.45, 2.75) is 19.9 Å². The molecule has 4 aromatic rings. The van der Waals surface area contributed by atoms with Crippen LogP contribution in [0.2, 0.25) is 0 Å². The van der Waals surface area contributed by atoms with Crippen LogP contribution >= 0.6 is 0 Å². The molecule has 9 heteroatoms. The van der Waals surface area contributed by atoms with Crippen LogP contribution in [-0.2, 0) is 0 Å². The topological polar surface area (TPSA) is 79.0 Å². The minimum absolute atomic E-state index is 0.0103. The summed E-state index contributed by atoms with van der Waals surface area (Å²) in [4.78, 5) is 10.4.